The van der Waals surface area contributed by atoms with E-state index in [1.165, 1.54) is 5.69 Å². The molecule has 0 aliphatic carbocycles. The minimum absolute atomic E-state index is 0.583. The summed E-state index contributed by atoms with van der Waals surface area (Å²) < 4.78 is 0. The molecule has 4 heteroatoms. The number of nitrogens with zero attached hydrogens (tertiary/aromatic N) is 3. The third-order valence-corrected chi connectivity index (χ3v) is 3.37. The summed E-state index contributed by atoms with van der Waals surface area (Å²) in [4.78, 5) is 8.82. The first-order valence-electron chi connectivity index (χ1n) is 5.71. The van der Waals surface area contributed by atoms with Crippen LogP contribution >= 0.6 is 0 Å². The minimum atomic E-state index is 0.583. The van der Waals surface area contributed by atoms with Crippen molar-refractivity contribution in [2.75, 3.05) is 37.8 Å². The van der Waals surface area contributed by atoms with E-state index < -0.39 is 0 Å². The summed E-state index contributed by atoms with van der Waals surface area (Å²) in [7, 11) is 4.29. The van der Waals surface area contributed by atoms with Gasteiger partial charge in [-0.1, -0.05) is 6.92 Å². The lowest BCUT2D eigenvalue weighted by atomic mass is 10.1. The number of rotatable bonds is 2. The van der Waals surface area contributed by atoms with Crippen molar-refractivity contribution in [3.05, 3.63) is 18.3 Å². The van der Waals surface area contributed by atoms with Crippen molar-refractivity contribution in [3.63, 3.8) is 0 Å². The molecule has 4 nitrogen and oxygen atoms in total. The Labute approximate surface area is 97.1 Å². The number of anilines is 2. The molecule has 2 rings (SSSR count). The molecule has 1 saturated heterocycles. The fourth-order valence-electron chi connectivity index (χ4n) is 2.42. The van der Waals surface area contributed by atoms with Gasteiger partial charge >= 0.3 is 0 Å². The Bertz CT molecular complexity index is 347. The molecule has 0 saturated carbocycles. The largest absolute Gasteiger partial charge is 0.384 e. The van der Waals surface area contributed by atoms with Gasteiger partial charge in [-0.2, -0.15) is 0 Å². The van der Waals surface area contributed by atoms with Crippen LogP contribution in [0.2, 0.25) is 0 Å². The molecule has 88 valence electrons. The number of hydrogen-bond acceptors (Lipinski definition) is 4. The van der Waals surface area contributed by atoms with Gasteiger partial charge in [-0.15, -0.1) is 0 Å². The Kier molecular flexibility index (Phi) is 3.01. The first-order valence-corrected chi connectivity index (χ1v) is 5.71. The average Bonchev–Trinajstić information content (AvgIpc) is 2.61. The van der Waals surface area contributed by atoms with Crippen LogP contribution in [0, 0.1) is 5.92 Å². The van der Waals surface area contributed by atoms with Crippen LogP contribution < -0.4 is 10.6 Å². The molecule has 1 fully saturated rings. The van der Waals surface area contributed by atoms with E-state index in [1.807, 2.05) is 18.3 Å². The van der Waals surface area contributed by atoms with Crippen molar-refractivity contribution in [2.45, 2.75) is 13.0 Å². The molecule has 2 atom stereocenters. The van der Waals surface area contributed by atoms with Crippen LogP contribution in [0.4, 0.5) is 11.5 Å². The fraction of sp³-hybridized carbons (Fsp3) is 0.583. The number of pyridine rings is 1. The third-order valence-electron chi connectivity index (χ3n) is 3.37. The molecule has 1 aliphatic heterocycles. The summed E-state index contributed by atoms with van der Waals surface area (Å²) in [5.74, 6) is 1.27. The Hall–Kier alpha value is -1.29. The van der Waals surface area contributed by atoms with Crippen molar-refractivity contribution in [3.8, 4) is 0 Å². The minimum Gasteiger partial charge on any atom is -0.384 e. The third kappa shape index (κ3) is 2.11. The van der Waals surface area contributed by atoms with E-state index in [9.17, 15) is 0 Å². The number of nitrogen functional groups attached to an aromatic ring is 1. The monoisotopic (exact) mass is 220 g/mol. The van der Waals surface area contributed by atoms with Crippen LogP contribution in [0.3, 0.4) is 0 Å². The molecule has 2 unspecified atom stereocenters. The van der Waals surface area contributed by atoms with Gasteiger partial charge in [-0.05, 0) is 32.1 Å². The maximum atomic E-state index is 5.59. The van der Waals surface area contributed by atoms with Crippen LogP contribution in [-0.4, -0.2) is 43.1 Å². The van der Waals surface area contributed by atoms with E-state index in [4.69, 9.17) is 5.73 Å². The standard InChI is InChI=1S/C12H20N4/c1-9-7-16(8-11(9)15(2)3)10-4-5-12(13)14-6-10/h4-6,9,11H,7-8H2,1-3H3,(H2,13,14). The van der Waals surface area contributed by atoms with Crippen LogP contribution in [0.1, 0.15) is 6.92 Å². The smallest absolute Gasteiger partial charge is 0.123 e. The Balaban J connectivity index is 2.10. The quantitative estimate of drug-likeness (QED) is 0.809. The Morgan fingerprint density at radius 2 is 2.12 bits per heavy atom. The molecule has 0 bridgehead atoms. The molecule has 16 heavy (non-hydrogen) atoms. The Morgan fingerprint density at radius 3 is 2.62 bits per heavy atom. The van der Waals surface area contributed by atoms with E-state index in [0.717, 1.165) is 13.1 Å². The van der Waals surface area contributed by atoms with Crippen LogP contribution in [0.15, 0.2) is 18.3 Å². The average molecular weight is 220 g/mol. The lowest BCUT2D eigenvalue weighted by Gasteiger charge is -2.22. The van der Waals surface area contributed by atoms with Crippen LogP contribution in [0.25, 0.3) is 0 Å². The number of likely N-dealkylation sites (N-methyl/N-ethyl adjacent to an activating group) is 1. The zero-order valence-electron chi connectivity index (χ0n) is 10.2. The van der Waals surface area contributed by atoms with E-state index in [-0.39, 0.29) is 0 Å². The SMILES string of the molecule is CC1CN(c2ccc(N)nc2)CC1N(C)C. The molecular formula is C12H20N4. The van der Waals surface area contributed by atoms with Crippen molar-refractivity contribution < 1.29 is 0 Å². The van der Waals surface area contributed by atoms with Gasteiger partial charge in [0.25, 0.3) is 0 Å². The highest BCUT2D eigenvalue weighted by molar-refractivity contribution is 5.49. The highest BCUT2D eigenvalue weighted by Crippen LogP contribution is 2.25. The van der Waals surface area contributed by atoms with Crippen LogP contribution in [-0.2, 0) is 0 Å². The van der Waals surface area contributed by atoms with Crippen molar-refractivity contribution in [1.82, 2.24) is 9.88 Å². The molecule has 2 heterocycles. The zero-order chi connectivity index (χ0) is 11.7. The molecule has 2 N–H and O–H groups in total. The lowest BCUT2D eigenvalue weighted by molar-refractivity contribution is 0.266. The summed E-state index contributed by atoms with van der Waals surface area (Å²) in [6.07, 6.45) is 1.86. The number of hydrogen-bond donors (Lipinski definition) is 1. The van der Waals surface area contributed by atoms with Crippen molar-refractivity contribution in [1.29, 1.82) is 0 Å². The maximum Gasteiger partial charge on any atom is 0.123 e. The predicted octanol–water partition coefficient (Wildman–Crippen LogP) is 1.05. The predicted molar refractivity (Wildman–Crippen MR) is 67.5 cm³/mol. The van der Waals surface area contributed by atoms with Gasteiger partial charge in [0.05, 0.1) is 11.9 Å². The highest BCUT2D eigenvalue weighted by atomic mass is 15.2. The van der Waals surface area contributed by atoms with E-state index >= 15 is 0 Å². The molecule has 1 aromatic heterocycles. The molecule has 0 radical (unpaired) electrons. The molecular weight excluding hydrogens is 200 g/mol. The van der Waals surface area contributed by atoms with Gasteiger partial charge in [0.1, 0.15) is 5.82 Å². The van der Waals surface area contributed by atoms with Gasteiger partial charge < -0.3 is 15.5 Å². The summed E-state index contributed by atoms with van der Waals surface area (Å²) in [5.41, 5.74) is 6.76. The van der Waals surface area contributed by atoms with Gasteiger partial charge in [-0.3, -0.25) is 0 Å². The second-order valence-electron chi connectivity index (χ2n) is 4.85. The number of nitrogens with two attached hydrogens (primary N) is 1. The van der Waals surface area contributed by atoms with E-state index in [1.54, 1.807) is 0 Å². The van der Waals surface area contributed by atoms with Gasteiger partial charge in [0.2, 0.25) is 0 Å². The summed E-state index contributed by atoms with van der Waals surface area (Å²) in [5, 5.41) is 0. The summed E-state index contributed by atoms with van der Waals surface area (Å²) >= 11 is 0. The zero-order valence-corrected chi connectivity index (χ0v) is 10.2. The molecule has 0 amide bonds. The van der Waals surface area contributed by atoms with Gasteiger partial charge in [-0.25, -0.2) is 4.98 Å². The second kappa shape index (κ2) is 4.29. The summed E-state index contributed by atoms with van der Waals surface area (Å²) in [6, 6.07) is 4.54. The first-order chi connectivity index (χ1) is 7.58. The van der Waals surface area contributed by atoms with Crippen LogP contribution in [0.5, 0.6) is 0 Å². The van der Waals surface area contributed by atoms with Gasteiger partial charge in [0.15, 0.2) is 0 Å². The van der Waals surface area contributed by atoms with Crippen molar-refractivity contribution >= 4 is 11.5 Å². The van der Waals surface area contributed by atoms with Crippen molar-refractivity contribution in [2.24, 2.45) is 5.92 Å². The molecule has 0 spiro atoms. The maximum absolute atomic E-state index is 5.59. The molecule has 1 aromatic rings. The van der Waals surface area contributed by atoms with Gasteiger partial charge in [0, 0.05) is 19.1 Å². The second-order valence-corrected chi connectivity index (χ2v) is 4.85. The topological polar surface area (TPSA) is 45.4 Å². The lowest BCUT2D eigenvalue weighted by Crippen LogP contribution is -2.34. The number of aromatic nitrogens is 1. The summed E-state index contributed by atoms with van der Waals surface area (Å²) in [6.45, 7) is 4.46. The van der Waals surface area contributed by atoms with E-state index in [0.29, 0.717) is 17.8 Å². The first kappa shape index (κ1) is 11.2. The molecule has 1 aliphatic rings. The molecule has 0 aromatic carbocycles. The van der Waals surface area contributed by atoms with E-state index in [2.05, 4.69) is 35.8 Å². The Morgan fingerprint density at radius 1 is 1.38 bits per heavy atom. The normalized spacial score (nSPS) is 25.4. The fourth-order valence-corrected chi connectivity index (χ4v) is 2.42. The highest BCUT2D eigenvalue weighted by Gasteiger charge is 2.30.